The maximum absolute atomic E-state index is 2.23. The van der Waals surface area contributed by atoms with E-state index in [2.05, 4.69) is 45.0 Å². The van der Waals surface area contributed by atoms with Crippen LogP contribution in [0.3, 0.4) is 0 Å². The van der Waals surface area contributed by atoms with E-state index in [-0.39, 0.29) is 0 Å². The first kappa shape index (κ1) is 8.32. The number of rotatable bonds is 2. The molecule has 0 aromatic heterocycles. The van der Waals surface area contributed by atoms with Crippen LogP contribution >= 0.6 is 0 Å². The van der Waals surface area contributed by atoms with E-state index in [4.69, 9.17) is 0 Å². The summed E-state index contributed by atoms with van der Waals surface area (Å²) in [5.74, 6) is 1.47. The molecule has 0 spiro atoms. The second-order valence-electron chi connectivity index (χ2n) is 3.00. The molecule has 1 rings (SSSR count). The molecule has 1 aromatic rings. The highest BCUT2D eigenvalue weighted by Gasteiger charge is 2.01. The number of hydrogen-bond acceptors (Lipinski definition) is 0. The summed E-state index contributed by atoms with van der Waals surface area (Å²) in [6, 6.07) is 8.65. The molecule has 1 radical (unpaired) electrons. The molecule has 0 unspecified atom stereocenters. The Morgan fingerprint density at radius 3 is 2.64 bits per heavy atom. The van der Waals surface area contributed by atoms with Crippen LogP contribution in [0.4, 0.5) is 0 Å². The van der Waals surface area contributed by atoms with Crippen LogP contribution in [-0.2, 0) is 0 Å². The molecule has 0 aliphatic rings. The Hall–Kier alpha value is -0.780. The van der Waals surface area contributed by atoms with Gasteiger partial charge in [0.15, 0.2) is 0 Å². The average molecular weight is 147 g/mol. The summed E-state index contributed by atoms with van der Waals surface area (Å²) in [6.07, 6.45) is 1.14. The first-order chi connectivity index (χ1) is 5.24. The van der Waals surface area contributed by atoms with Crippen LogP contribution in [-0.4, -0.2) is 0 Å². The van der Waals surface area contributed by atoms with Crippen molar-refractivity contribution in [3.63, 3.8) is 0 Å². The van der Waals surface area contributed by atoms with Crippen molar-refractivity contribution in [1.82, 2.24) is 0 Å². The predicted octanol–water partition coefficient (Wildman–Crippen LogP) is 3.35. The first-order valence-electron chi connectivity index (χ1n) is 4.13. The van der Waals surface area contributed by atoms with Crippen molar-refractivity contribution < 1.29 is 0 Å². The topological polar surface area (TPSA) is 0 Å². The molecule has 59 valence electrons. The quantitative estimate of drug-likeness (QED) is 0.601. The molecule has 0 fully saturated rings. The van der Waals surface area contributed by atoms with Crippen LogP contribution in [0.1, 0.15) is 31.4 Å². The summed E-state index contributed by atoms with van der Waals surface area (Å²) in [5.41, 5.74) is 2.72. The number of benzene rings is 1. The van der Waals surface area contributed by atoms with Crippen molar-refractivity contribution in [2.24, 2.45) is 0 Å². The van der Waals surface area contributed by atoms with Gasteiger partial charge in [0.1, 0.15) is 0 Å². The van der Waals surface area contributed by atoms with Gasteiger partial charge in [0, 0.05) is 5.92 Å². The second kappa shape index (κ2) is 3.56. The number of aryl methyl sites for hydroxylation is 1. The van der Waals surface area contributed by atoms with Gasteiger partial charge in [0.05, 0.1) is 0 Å². The van der Waals surface area contributed by atoms with Crippen molar-refractivity contribution >= 4 is 0 Å². The highest BCUT2D eigenvalue weighted by atomic mass is 14.1. The lowest BCUT2D eigenvalue weighted by molar-refractivity contribution is 0.956. The van der Waals surface area contributed by atoms with Gasteiger partial charge < -0.3 is 0 Å². The Bertz CT molecular complexity index is 225. The molecule has 0 amide bonds. The zero-order chi connectivity index (χ0) is 8.27. The fraction of sp³-hybridized carbons (Fsp3) is 0.364. The van der Waals surface area contributed by atoms with Crippen molar-refractivity contribution in [2.45, 2.75) is 27.2 Å². The summed E-state index contributed by atoms with van der Waals surface area (Å²) in [5, 5.41) is 0. The van der Waals surface area contributed by atoms with Gasteiger partial charge in [-0.2, -0.15) is 0 Å². The molecule has 0 saturated heterocycles. The molecule has 0 bridgehead atoms. The van der Waals surface area contributed by atoms with Crippen molar-refractivity contribution in [3.8, 4) is 0 Å². The summed E-state index contributed by atoms with van der Waals surface area (Å²) >= 11 is 0. The van der Waals surface area contributed by atoms with E-state index < -0.39 is 0 Å². The highest BCUT2D eigenvalue weighted by Crippen LogP contribution is 2.17. The molecule has 0 atom stereocenters. The minimum Gasteiger partial charge on any atom is -0.0645 e. The van der Waals surface area contributed by atoms with Crippen LogP contribution < -0.4 is 0 Å². The molecule has 0 N–H and O–H groups in total. The fourth-order valence-electron chi connectivity index (χ4n) is 1.11. The smallest absolute Gasteiger partial charge is 0.00163 e. The van der Waals surface area contributed by atoms with E-state index in [1.54, 1.807) is 0 Å². The third kappa shape index (κ3) is 2.07. The zero-order valence-corrected chi connectivity index (χ0v) is 7.52. The van der Waals surface area contributed by atoms with Gasteiger partial charge in [-0.05, 0) is 18.9 Å². The van der Waals surface area contributed by atoms with Crippen molar-refractivity contribution in [2.75, 3.05) is 0 Å². The lowest BCUT2D eigenvalue weighted by Crippen LogP contribution is -1.91. The molecular weight excluding hydrogens is 132 g/mol. The van der Waals surface area contributed by atoms with Gasteiger partial charge >= 0.3 is 0 Å². The Morgan fingerprint density at radius 1 is 1.36 bits per heavy atom. The molecule has 1 aromatic carbocycles. The molecule has 0 aliphatic carbocycles. The van der Waals surface area contributed by atoms with Gasteiger partial charge in [0.25, 0.3) is 0 Å². The summed E-state index contributed by atoms with van der Waals surface area (Å²) < 4.78 is 0. The number of hydrogen-bond donors (Lipinski definition) is 0. The monoisotopic (exact) mass is 147 g/mol. The lowest BCUT2D eigenvalue weighted by Gasteiger charge is -2.07. The van der Waals surface area contributed by atoms with Crippen LogP contribution in [0, 0.1) is 12.8 Å². The van der Waals surface area contributed by atoms with Crippen LogP contribution in [0.5, 0.6) is 0 Å². The van der Waals surface area contributed by atoms with Crippen molar-refractivity contribution in [1.29, 1.82) is 0 Å². The summed E-state index contributed by atoms with van der Waals surface area (Å²) in [4.78, 5) is 0. The zero-order valence-electron chi connectivity index (χ0n) is 7.52. The molecule has 0 heterocycles. The molecule has 0 heteroatoms. The molecular formula is C11H15. The minimum absolute atomic E-state index is 1.14. The van der Waals surface area contributed by atoms with E-state index in [1.165, 1.54) is 17.0 Å². The third-order valence-corrected chi connectivity index (χ3v) is 2.04. The van der Waals surface area contributed by atoms with E-state index in [0.717, 1.165) is 6.42 Å². The summed E-state index contributed by atoms with van der Waals surface area (Å²) in [7, 11) is 0. The maximum Gasteiger partial charge on any atom is 0.00163 e. The largest absolute Gasteiger partial charge is 0.0645 e. The maximum atomic E-state index is 2.23. The standard InChI is InChI=1S/C11H15/c1-4-10(3)11-7-5-6-9(2)8-11/h5-8H,4H2,1-3H3. The first-order valence-corrected chi connectivity index (χ1v) is 4.13. The third-order valence-electron chi connectivity index (χ3n) is 2.04. The van der Waals surface area contributed by atoms with Gasteiger partial charge in [0.2, 0.25) is 0 Å². The molecule has 0 saturated carbocycles. The predicted molar refractivity (Wildman–Crippen MR) is 49.5 cm³/mol. The minimum atomic E-state index is 1.14. The van der Waals surface area contributed by atoms with Gasteiger partial charge in [-0.25, -0.2) is 0 Å². The molecule has 0 nitrogen and oxygen atoms in total. The second-order valence-corrected chi connectivity index (χ2v) is 3.00. The molecule has 11 heavy (non-hydrogen) atoms. The Labute approximate surface area is 69.3 Å². The van der Waals surface area contributed by atoms with Gasteiger partial charge in [-0.1, -0.05) is 43.7 Å². The van der Waals surface area contributed by atoms with Crippen LogP contribution in [0.25, 0.3) is 0 Å². The van der Waals surface area contributed by atoms with E-state index in [9.17, 15) is 0 Å². The van der Waals surface area contributed by atoms with Gasteiger partial charge in [-0.3, -0.25) is 0 Å². The lowest BCUT2D eigenvalue weighted by atomic mass is 9.97. The van der Waals surface area contributed by atoms with E-state index in [1.807, 2.05) is 0 Å². The SMILES string of the molecule is CC[C](C)c1cccc(C)c1. The van der Waals surface area contributed by atoms with Crippen molar-refractivity contribution in [3.05, 3.63) is 41.3 Å². The van der Waals surface area contributed by atoms with E-state index >= 15 is 0 Å². The van der Waals surface area contributed by atoms with Crippen LogP contribution in [0.2, 0.25) is 0 Å². The summed E-state index contributed by atoms with van der Waals surface area (Å²) in [6.45, 7) is 6.51. The Kier molecular flexibility index (Phi) is 2.70. The fourth-order valence-corrected chi connectivity index (χ4v) is 1.11. The Morgan fingerprint density at radius 2 is 2.09 bits per heavy atom. The average Bonchev–Trinajstić information content (AvgIpc) is 2.03. The van der Waals surface area contributed by atoms with Gasteiger partial charge in [-0.15, -0.1) is 0 Å². The molecule has 0 aliphatic heterocycles. The highest BCUT2D eigenvalue weighted by molar-refractivity contribution is 5.32. The van der Waals surface area contributed by atoms with E-state index in [0.29, 0.717) is 0 Å². The Balaban J connectivity index is 2.86. The van der Waals surface area contributed by atoms with Crippen LogP contribution in [0.15, 0.2) is 24.3 Å². The normalized spacial score (nSPS) is 10.5.